The standard InChI is InChI=1S/2C11H16N2O.2ClH/c2*1-14-11-4-2-3-10(9-11)13-7-5-12-6-8-13;;/h2*2-4,9,12H,5-8H2,1H3;2*1H. The largest absolute Gasteiger partial charge is 0.497 e. The van der Waals surface area contributed by atoms with Crippen LogP contribution in [0.1, 0.15) is 0 Å². The zero-order chi connectivity index (χ0) is 19.6. The van der Waals surface area contributed by atoms with Crippen LogP contribution in [0.5, 0.6) is 11.5 Å². The number of rotatable bonds is 4. The predicted octanol–water partition coefficient (Wildman–Crippen LogP) is 3.05. The second-order valence-electron chi connectivity index (χ2n) is 6.88. The minimum Gasteiger partial charge on any atom is -0.497 e. The number of hydrogen-bond donors (Lipinski definition) is 2. The van der Waals surface area contributed by atoms with Crippen LogP contribution in [-0.4, -0.2) is 66.6 Å². The van der Waals surface area contributed by atoms with Gasteiger partial charge in [-0.2, -0.15) is 0 Å². The van der Waals surface area contributed by atoms with Gasteiger partial charge in [-0.15, -0.1) is 24.8 Å². The molecule has 0 unspecified atom stereocenters. The Kier molecular flexibility index (Phi) is 12.4. The number of halogens is 2. The summed E-state index contributed by atoms with van der Waals surface area (Å²) in [6.45, 7) is 8.57. The lowest BCUT2D eigenvalue weighted by Gasteiger charge is -2.29. The number of piperazine rings is 2. The van der Waals surface area contributed by atoms with Gasteiger partial charge in [-0.1, -0.05) is 12.1 Å². The van der Waals surface area contributed by atoms with E-state index < -0.39 is 0 Å². The van der Waals surface area contributed by atoms with Gasteiger partial charge in [0.2, 0.25) is 0 Å². The van der Waals surface area contributed by atoms with Crippen LogP contribution in [0, 0.1) is 0 Å². The highest BCUT2D eigenvalue weighted by molar-refractivity contribution is 5.85. The minimum absolute atomic E-state index is 0. The van der Waals surface area contributed by atoms with E-state index in [1.54, 1.807) is 14.2 Å². The summed E-state index contributed by atoms with van der Waals surface area (Å²) in [5.41, 5.74) is 2.51. The Balaban J connectivity index is 0.000000281. The maximum Gasteiger partial charge on any atom is 0.120 e. The molecule has 6 nitrogen and oxygen atoms in total. The van der Waals surface area contributed by atoms with Gasteiger partial charge in [-0.3, -0.25) is 0 Å². The lowest BCUT2D eigenvalue weighted by atomic mass is 10.2. The van der Waals surface area contributed by atoms with Crippen molar-refractivity contribution >= 4 is 36.2 Å². The van der Waals surface area contributed by atoms with E-state index >= 15 is 0 Å². The molecular formula is C22H34Cl2N4O2. The van der Waals surface area contributed by atoms with Crippen LogP contribution < -0.4 is 29.9 Å². The fourth-order valence-corrected chi connectivity index (χ4v) is 3.46. The Morgan fingerprint density at radius 1 is 0.633 bits per heavy atom. The summed E-state index contributed by atoms with van der Waals surface area (Å²) in [7, 11) is 3.41. The van der Waals surface area contributed by atoms with E-state index in [0.717, 1.165) is 63.9 Å². The zero-order valence-corrected chi connectivity index (χ0v) is 19.4. The number of benzene rings is 2. The number of nitrogens with zero attached hydrogens (tertiary/aromatic N) is 2. The van der Waals surface area contributed by atoms with Crippen molar-refractivity contribution < 1.29 is 9.47 Å². The highest BCUT2D eigenvalue weighted by Gasteiger charge is 2.11. The van der Waals surface area contributed by atoms with Gasteiger partial charge >= 0.3 is 0 Å². The molecule has 0 saturated carbocycles. The highest BCUT2D eigenvalue weighted by Crippen LogP contribution is 2.21. The molecule has 2 fully saturated rings. The molecule has 0 aromatic heterocycles. The monoisotopic (exact) mass is 456 g/mol. The van der Waals surface area contributed by atoms with Crippen LogP contribution in [0.3, 0.4) is 0 Å². The molecule has 4 rings (SSSR count). The smallest absolute Gasteiger partial charge is 0.120 e. The molecule has 2 aromatic carbocycles. The van der Waals surface area contributed by atoms with Gasteiger partial charge in [0.15, 0.2) is 0 Å². The average molecular weight is 457 g/mol. The Hall–Kier alpha value is -1.86. The second-order valence-corrected chi connectivity index (χ2v) is 6.88. The van der Waals surface area contributed by atoms with Crippen molar-refractivity contribution in [3.05, 3.63) is 48.5 Å². The lowest BCUT2D eigenvalue weighted by molar-refractivity contribution is 0.414. The van der Waals surface area contributed by atoms with Crippen molar-refractivity contribution in [1.82, 2.24) is 10.6 Å². The molecule has 168 valence electrons. The minimum atomic E-state index is 0. The maximum atomic E-state index is 5.20. The molecule has 2 N–H and O–H groups in total. The molecule has 2 aliphatic rings. The van der Waals surface area contributed by atoms with E-state index in [9.17, 15) is 0 Å². The predicted molar refractivity (Wildman–Crippen MR) is 131 cm³/mol. The Bertz CT molecular complexity index is 662. The summed E-state index contributed by atoms with van der Waals surface area (Å²) in [5, 5.41) is 6.68. The van der Waals surface area contributed by atoms with Crippen molar-refractivity contribution in [2.24, 2.45) is 0 Å². The molecule has 30 heavy (non-hydrogen) atoms. The van der Waals surface area contributed by atoms with E-state index in [-0.39, 0.29) is 24.8 Å². The third-order valence-electron chi connectivity index (χ3n) is 5.07. The third kappa shape index (κ3) is 7.76. The summed E-state index contributed by atoms with van der Waals surface area (Å²) in [6, 6.07) is 16.5. The lowest BCUT2D eigenvalue weighted by Crippen LogP contribution is -2.43. The molecule has 0 spiro atoms. The van der Waals surface area contributed by atoms with Crippen molar-refractivity contribution in [2.75, 3.05) is 76.4 Å². The molecule has 8 heteroatoms. The van der Waals surface area contributed by atoms with Crippen molar-refractivity contribution in [3.8, 4) is 11.5 Å². The number of hydrogen-bond acceptors (Lipinski definition) is 6. The summed E-state index contributed by atoms with van der Waals surface area (Å²) >= 11 is 0. The van der Waals surface area contributed by atoms with Gasteiger partial charge in [0, 0.05) is 75.9 Å². The molecule has 0 atom stereocenters. The molecular weight excluding hydrogens is 423 g/mol. The molecule has 2 heterocycles. The van der Waals surface area contributed by atoms with E-state index in [0.29, 0.717) is 0 Å². The van der Waals surface area contributed by atoms with E-state index in [1.165, 1.54) is 11.4 Å². The Morgan fingerprint density at radius 2 is 1.00 bits per heavy atom. The van der Waals surface area contributed by atoms with Gasteiger partial charge in [0.05, 0.1) is 14.2 Å². The summed E-state index contributed by atoms with van der Waals surface area (Å²) in [6.07, 6.45) is 0. The van der Waals surface area contributed by atoms with Crippen LogP contribution in [-0.2, 0) is 0 Å². The zero-order valence-electron chi connectivity index (χ0n) is 17.8. The Labute approximate surface area is 192 Å². The number of anilines is 2. The van der Waals surface area contributed by atoms with Gasteiger partial charge in [0.25, 0.3) is 0 Å². The number of nitrogens with one attached hydrogen (secondary N) is 2. The molecule has 0 aliphatic carbocycles. The van der Waals surface area contributed by atoms with Crippen molar-refractivity contribution in [3.63, 3.8) is 0 Å². The third-order valence-corrected chi connectivity index (χ3v) is 5.07. The topological polar surface area (TPSA) is 49.0 Å². The van der Waals surface area contributed by atoms with Crippen LogP contribution in [0.2, 0.25) is 0 Å². The van der Waals surface area contributed by atoms with Gasteiger partial charge < -0.3 is 29.9 Å². The molecule has 0 amide bonds. The van der Waals surface area contributed by atoms with Crippen LogP contribution >= 0.6 is 24.8 Å². The molecule has 2 aromatic rings. The van der Waals surface area contributed by atoms with Crippen LogP contribution in [0.25, 0.3) is 0 Å². The quantitative estimate of drug-likeness (QED) is 0.736. The van der Waals surface area contributed by atoms with Crippen LogP contribution in [0.15, 0.2) is 48.5 Å². The summed E-state index contributed by atoms with van der Waals surface area (Å²) < 4.78 is 10.4. The average Bonchev–Trinajstić information content (AvgIpc) is 2.81. The summed E-state index contributed by atoms with van der Waals surface area (Å²) in [5.74, 6) is 1.86. The molecule has 2 saturated heterocycles. The van der Waals surface area contributed by atoms with Crippen molar-refractivity contribution in [2.45, 2.75) is 0 Å². The van der Waals surface area contributed by atoms with Gasteiger partial charge in [-0.05, 0) is 24.3 Å². The molecule has 2 aliphatic heterocycles. The first-order valence-electron chi connectivity index (χ1n) is 9.99. The highest BCUT2D eigenvalue weighted by atomic mass is 35.5. The first kappa shape index (κ1) is 26.2. The van der Waals surface area contributed by atoms with E-state index in [1.807, 2.05) is 24.3 Å². The normalized spacial score (nSPS) is 15.7. The molecule has 0 radical (unpaired) electrons. The van der Waals surface area contributed by atoms with Crippen molar-refractivity contribution in [1.29, 1.82) is 0 Å². The van der Waals surface area contributed by atoms with Crippen LogP contribution in [0.4, 0.5) is 11.4 Å². The fraction of sp³-hybridized carbons (Fsp3) is 0.455. The van der Waals surface area contributed by atoms with Gasteiger partial charge in [-0.25, -0.2) is 0 Å². The van der Waals surface area contributed by atoms with Gasteiger partial charge in [0.1, 0.15) is 11.5 Å². The first-order valence-corrected chi connectivity index (χ1v) is 9.99. The fourth-order valence-electron chi connectivity index (χ4n) is 3.46. The summed E-state index contributed by atoms with van der Waals surface area (Å²) in [4.78, 5) is 4.75. The molecule has 0 bridgehead atoms. The first-order chi connectivity index (χ1) is 13.8. The SMILES string of the molecule is COc1cccc(N2CCNCC2)c1.COc1cccc(N2CCNCC2)c1.Cl.Cl. The number of methoxy groups -OCH3 is 2. The number of ether oxygens (including phenoxy) is 2. The van der Waals surface area contributed by atoms with E-state index in [4.69, 9.17) is 9.47 Å². The van der Waals surface area contributed by atoms with E-state index in [2.05, 4.69) is 44.7 Å². The second kappa shape index (κ2) is 14.2. The Morgan fingerprint density at radius 3 is 1.33 bits per heavy atom. The maximum absolute atomic E-state index is 5.20.